The Morgan fingerprint density at radius 3 is 2.93 bits per heavy atom. The van der Waals surface area contributed by atoms with Gasteiger partial charge in [0.2, 0.25) is 0 Å². The molecule has 2 aromatic rings. The summed E-state index contributed by atoms with van der Waals surface area (Å²) in [6.07, 6.45) is 4.32. The third-order valence-corrected chi connectivity index (χ3v) is 2.81. The van der Waals surface area contributed by atoms with E-state index >= 15 is 0 Å². The lowest BCUT2D eigenvalue weighted by Crippen LogP contribution is -2.17. The van der Waals surface area contributed by atoms with Crippen molar-refractivity contribution in [1.29, 1.82) is 0 Å². The van der Waals surface area contributed by atoms with Crippen LogP contribution in [-0.4, -0.2) is 18.2 Å². The van der Waals surface area contributed by atoms with E-state index in [0.29, 0.717) is 0 Å². The molecule has 0 spiro atoms. The van der Waals surface area contributed by atoms with Gasteiger partial charge in [0.1, 0.15) is 11.8 Å². The summed E-state index contributed by atoms with van der Waals surface area (Å²) in [5.41, 5.74) is 2.23. The normalized spacial score (nSPS) is 16.7. The van der Waals surface area contributed by atoms with E-state index in [-0.39, 0.29) is 0 Å². The molecule has 0 unspecified atom stereocenters. The van der Waals surface area contributed by atoms with Gasteiger partial charge in [0.05, 0.1) is 0 Å². The lowest BCUT2D eigenvalue weighted by molar-refractivity contribution is 0.428. The van der Waals surface area contributed by atoms with E-state index in [0.717, 1.165) is 10.9 Å². The number of rotatable bonds is 1. The number of hydrogen-bond donors (Lipinski definition) is 0. The van der Waals surface area contributed by atoms with Gasteiger partial charge in [-0.1, -0.05) is 5.16 Å². The standard InChI is InChI=1S/C11H12N2O/c1-2-6-13(5-1)10-3-4-11-9(7-10)8-14-12-11/h3-4,7-8H,1-2,5-6H2. The smallest absolute Gasteiger partial charge is 0.131 e. The van der Waals surface area contributed by atoms with E-state index in [1.54, 1.807) is 6.26 Å². The Morgan fingerprint density at radius 2 is 2.07 bits per heavy atom. The van der Waals surface area contributed by atoms with Gasteiger partial charge in [-0.25, -0.2) is 0 Å². The van der Waals surface area contributed by atoms with E-state index in [1.807, 2.05) is 6.07 Å². The molecule has 72 valence electrons. The summed E-state index contributed by atoms with van der Waals surface area (Å²) in [5.74, 6) is 0. The molecule has 3 heteroatoms. The van der Waals surface area contributed by atoms with Crippen LogP contribution in [0.3, 0.4) is 0 Å². The molecule has 0 N–H and O–H groups in total. The van der Waals surface area contributed by atoms with E-state index in [1.165, 1.54) is 31.6 Å². The van der Waals surface area contributed by atoms with Gasteiger partial charge in [-0.15, -0.1) is 0 Å². The molecule has 1 aromatic carbocycles. The van der Waals surface area contributed by atoms with E-state index in [4.69, 9.17) is 4.52 Å². The van der Waals surface area contributed by atoms with Gasteiger partial charge in [-0.05, 0) is 31.0 Å². The first-order valence-electron chi connectivity index (χ1n) is 5.02. The second-order valence-electron chi connectivity index (χ2n) is 3.75. The monoisotopic (exact) mass is 188 g/mol. The molecule has 0 atom stereocenters. The average molecular weight is 188 g/mol. The topological polar surface area (TPSA) is 29.3 Å². The number of aromatic nitrogens is 1. The fraction of sp³-hybridized carbons (Fsp3) is 0.364. The summed E-state index contributed by atoms with van der Waals surface area (Å²) in [7, 11) is 0. The highest BCUT2D eigenvalue weighted by Gasteiger charge is 2.12. The van der Waals surface area contributed by atoms with Crippen LogP contribution in [-0.2, 0) is 0 Å². The SMILES string of the molecule is c1cc2nocc2cc1N1CCCC1. The third kappa shape index (κ3) is 1.16. The van der Waals surface area contributed by atoms with Crippen molar-refractivity contribution in [2.24, 2.45) is 0 Å². The summed E-state index contributed by atoms with van der Waals surface area (Å²) in [5, 5.41) is 4.98. The molecule has 1 aliphatic heterocycles. The minimum Gasteiger partial charge on any atom is -0.372 e. The molecule has 0 aliphatic carbocycles. The largest absolute Gasteiger partial charge is 0.372 e. The first kappa shape index (κ1) is 7.85. The van der Waals surface area contributed by atoms with Gasteiger partial charge in [0, 0.05) is 24.2 Å². The van der Waals surface area contributed by atoms with Gasteiger partial charge in [0.25, 0.3) is 0 Å². The Morgan fingerprint density at radius 1 is 1.21 bits per heavy atom. The molecule has 1 aliphatic rings. The predicted molar refractivity (Wildman–Crippen MR) is 55.5 cm³/mol. The molecule has 0 bridgehead atoms. The summed E-state index contributed by atoms with van der Waals surface area (Å²) in [6.45, 7) is 2.35. The average Bonchev–Trinajstić information content (AvgIpc) is 2.88. The fourth-order valence-electron chi connectivity index (χ4n) is 2.03. The van der Waals surface area contributed by atoms with Crippen molar-refractivity contribution in [3.8, 4) is 0 Å². The van der Waals surface area contributed by atoms with Crippen LogP contribution in [0.25, 0.3) is 10.9 Å². The number of anilines is 1. The van der Waals surface area contributed by atoms with Crippen molar-refractivity contribution >= 4 is 16.6 Å². The van der Waals surface area contributed by atoms with E-state index < -0.39 is 0 Å². The molecular weight excluding hydrogens is 176 g/mol. The summed E-state index contributed by atoms with van der Waals surface area (Å²) in [4.78, 5) is 2.41. The molecule has 1 saturated heterocycles. The van der Waals surface area contributed by atoms with Crippen LogP contribution in [0.1, 0.15) is 12.8 Å². The molecule has 0 radical (unpaired) electrons. The molecule has 1 aromatic heterocycles. The van der Waals surface area contributed by atoms with Crippen LogP contribution < -0.4 is 4.90 Å². The van der Waals surface area contributed by atoms with Gasteiger partial charge < -0.3 is 9.42 Å². The lowest BCUT2D eigenvalue weighted by atomic mass is 10.2. The minimum absolute atomic E-state index is 0.938. The van der Waals surface area contributed by atoms with Crippen molar-refractivity contribution < 1.29 is 4.52 Å². The molecule has 14 heavy (non-hydrogen) atoms. The lowest BCUT2D eigenvalue weighted by Gasteiger charge is -2.16. The first-order chi connectivity index (χ1) is 6.93. The van der Waals surface area contributed by atoms with Crippen LogP contribution in [0.4, 0.5) is 5.69 Å². The third-order valence-electron chi connectivity index (χ3n) is 2.81. The number of benzene rings is 1. The maximum atomic E-state index is 4.91. The Balaban J connectivity index is 2.04. The van der Waals surface area contributed by atoms with E-state index in [2.05, 4.69) is 22.2 Å². The summed E-state index contributed by atoms with van der Waals surface area (Å²) >= 11 is 0. The molecule has 1 fully saturated rings. The maximum Gasteiger partial charge on any atom is 0.131 e. The van der Waals surface area contributed by atoms with Gasteiger partial charge in [-0.2, -0.15) is 0 Å². The Bertz CT molecular complexity index is 443. The molecule has 3 nitrogen and oxygen atoms in total. The van der Waals surface area contributed by atoms with Crippen molar-refractivity contribution in [3.05, 3.63) is 24.5 Å². The zero-order valence-electron chi connectivity index (χ0n) is 7.94. The molecule has 0 saturated carbocycles. The van der Waals surface area contributed by atoms with Crippen molar-refractivity contribution in [2.75, 3.05) is 18.0 Å². The zero-order chi connectivity index (χ0) is 9.38. The maximum absolute atomic E-state index is 4.91. The highest BCUT2D eigenvalue weighted by molar-refractivity contribution is 5.81. The Hall–Kier alpha value is -1.51. The molecular formula is C11H12N2O. The van der Waals surface area contributed by atoms with Crippen molar-refractivity contribution in [2.45, 2.75) is 12.8 Å². The summed E-state index contributed by atoms with van der Waals surface area (Å²) < 4.78 is 4.91. The van der Waals surface area contributed by atoms with Crippen LogP contribution in [0.2, 0.25) is 0 Å². The summed E-state index contributed by atoms with van der Waals surface area (Å²) in [6, 6.07) is 6.29. The number of hydrogen-bond acceptors (Lipinski definition) is 3. The second-order valence-corrected chi connectivity index (χ2v) is 3.75. The minimum atomic E-state index is 0.938. The molecule has 0 amide bonds. The first-order valence-corrected chi connectivity index (χ1v) is 5.02. The predicted octanol–water partition coefficient (Wildman–Crippen LogP) is 2.43. The van der Waals surface area contributed by atoms with Crippen LogP contribution >= 0.6 is 0 Å². The quantitative estimate of drug-likeness (QED) is 0.688. The zero-order valence-corrected chi connectivity index (χ0v) is 7.94. The van der Waals surface area contributed by atoms with Gasteiger partial charge in [0.15, 0.2) is 0 Å². The number of fused-ring (bicyclic) bond motifs is 1. The second kappa shape index (κ2) is 3.01. The van der Waals surface area contributed by atoms with Gasteiger partial charge in [-0.3, -0.25) is 0 Å². The highest BCUT2D eigenvalue weighted by Crippen LogP contribution is 2.24. The van der Waals surface area contributed by atoms with Crippen LogP contribution in [0.5, 0.6) is 0 Å². The Labute approximate surface area is 82.3 Å². The van der Waals surface area contributed by atoms with Crippen LogP contribution in [0.15, 0.2) is 29.0 Å². The van der Waals surface area contributed by atoms with Crippen molar-refractivity contribution in [3.63, 3.8) is 0 Å². The van der Waals surface area contributed by atoms with Gasteiger partial charge >= 0.3 is 0 Å². The Kier molecular flexibility index (Phi) is 1.69. The van der Waals surface area contributed by atoms with E-state index in [9.17, 15) is 0 Å². The van der Waals surface area contributed by atoms with Crippen molar-refractivity contribution in [1.82, 2.24) is 5.16 Å². The number of nitrogens with zero attached hydrogens (tertiary/aromatic N) is 2. The highest BCUT2D eigenvalue weighted by atomic mass is 16.5. The fourth-order valence-corrected chi connectivity index (χ4v) is 2.03. The van der Waals surface area contributed by atoms with Crippen LogP contribution in [0, 0.1) is 0 Å². The molecule has 2 heterocycles. The molecule has 3 rings (SSSR count).